The second kappa shape index (κ2) is 9.89. The van der Waals surface area contributed by atoms with Crippen molar-refractivity contribution in [1.29, 1.82) is 0 Å². The van der Waals surface area contributed by atoms with Gasteiger partial charge in [0.25, 0.3) is 0 Å². The van der Waals surface area contributed by atoms with Gasteiger partial charge >= 0.3 is 0 Å². The van der Waals surface area contributed by atoms with E-state index >= 15 is 4.39 Å². The highest BCUT2D eigenvalue weighted by atomic mass is 35.5. The van der Waals surface area contributed by atoms with Crippen molar-refractivity contribution in [2.45, 2.75) is 25.1 Å². The molecule has 4 rings (SSSR count). The van der Waals surface area contributed by atoms with Gasteiger partial charge in [0.2, 0.25) is 11.8 Å². The Morgan fingerprint density at radius 3 is 2.48 bits per heavy atom. The highest BCUT2D eigenvalue weighted by Gasteiger charge is 2.40. The molecule has 3 aromatic rings. The molecular formula is C25H20Cl2F2N2O2. The molecule has 2 atom stereocenters. The third-order valence-corrected chi connectivity index (χ3v) is 6.10. The number of halogens is 4. The van der Waals surface area contributed by atoms with E-state index in [2.05, 4.69) is 5.32 Å². The van der Waals surface area contributed by atoms with E-state index in [0.29, 0.717) is 21.2 Å². The van der Waals surface area contributed by atoms with Crippen LogP contribution < -0.4 is 5.32 Å². The standard InChI is InChI=1S/C25H20Cl2F2N2O2/c26-16-6-3-5-15(11-16)12-23(32)31-14-17(28)13-22(31)25(33)30-21-10-4-8-19(24(21)29)18-7-1-2-9-20(18)27/h1-11,17,22H,12-14H2,(H,30,33)/t17-,22?/m1/s1. The van der Waals surface area contributed by atoms with Crippen molar-refractivity contribution in [1.82, 2.24) is 4.90 Å². The quantitative estimate of drug-likeness (QED) is 0.484. The largest absolute Gasteiger partial charge is 0.327 e. The molecule has 0 aromatic heterocycles. The lowest BCUT2D eigenvalue weighted by molar-refractivity contribution is -0.136. The Morgan fingerprint density at radius 1 is 1.00 bits per heavy atom. The Morgan fingerprint density at radius 2 is 1.73 bits per heavy atom. The van der Waals surface area contributed by atoms with Gasteiger partial charge in [-0.3, -0.25) is 9.59 Å². The summed E-state index contributed by atoms with van der Waals surface area (Å²) >= 11 is 12.2. The number of nitrogens with zero attached hydrogens (tertiary/aromatic N) is 1. The van der Waals surface area contributed by atoms with Crippen LogP contribution in [0.5, 0.6) is 0 Å². The summed E-state index contributed by atoms with van der Waals surface area (Å²) in [6.45, 7) is -0.195. The Hall–Kier alpha value is -2.96. The molecule has 4 nitrogen and oxygen atoms in total. The summed E-state index contributed by atoms with van der Waals surface area (Å²) in [4.78, 5) is 27.0. The Balaban J connectivity index is 1.53. The smallest absolute Gasteiger partial charge is 0.247 e. The summed E-state index contributed by atoms with van der Waals surface area (Å²) in [6, 6.07) is 17.1. The summed E-state index contributed by atoms with van der Waals surface area (Å²) in [5.41, 5.74) is 1.30. The van der Waals surface area contributed by atoms with Crippen molar-refractivity contribution in [2.24, 2.45) is 0 Å². The summed E-state index contributed by atoms with van der Waals surface area (Å²) in [5.74, 6) is -1.71. The number of amides is 2. The lowest BCUT2D eigenvalue weighted by Gasteiger charge is -2.24. The van der Waals surface area contributed by atoms with Gasteiger partial charge in [-0.1, -0.05) is 65.7 Å². The third kappa shape index (κ3) is 5.18. The number of hydrogen-bond acceptors (Lipinski definition) is 2. The topological polar surface area (TPSA) is 49.4 Å². The summed E-state index contributed by atoms with van der Waals surface area (Å²) in [6.07, 6.45) is -1.52. The van der Waals surface area contributed by atoms with Gasteiger partial charge < -0.3 is 10.2 Å². The zero-order chi connectivity index (χ0) is 23.5. The van der Waals surface area contributed by atoms with Crippen LogP contribution in [-0.2, 0) is 16.0 Å². The van der Waals surface area contributed by atoms with E-state index in [0.717, 1.165) is 0 Å². The molecule has 1 aliphatic heterocycles. The first-order chi connectivity index (χ1) is 15.8. The maximum absolute atomic E-state index is 15.2. The number of alkyl halides is 1. The van der Waals surface area contributed by atoms with Crippen LogP contribution in [0.15, 0.2) is 66.7 Å². The number of nitrogens with one attached hydrogen (secondary N) is 1. The van der Waals surface area contributed by atoms with Crippen LogP contribution in [0.4, 0.5) is 14.5 Å². The highest BCUT2D eigenvalue weighted by molar-refractivity contribution is 6.33. The molecule has 0 spiro atoms. The average molecular weight is 489 g/mol. The molecular weight excluding hydrogens is 469 g/mol. The molecule has 1 N–H and O–H groups in total. The van der Waals surface area contributed by atoms with E-state index < -0.39 is 29.8 Å². The van der Waals surface area contributed by atoms with E-state index in [4.69, 9.17) is 23.2 Å². The molecule has 1 heterocycles. The number of anilines is 1. The third-order valence-electron chi connectivity index (χ3n) is 5.54. The average Bonchev–Trinajstić information content (AvgIpc) is 3.18. The molecule has 3 aromatic carbocycles. The molecule has 1 unspecified atom stereocenters. The minimum Gasteiger partial charge on any atom is -0.327 e. The maximum Gasteiger partial charge on any atom is 0.247 e. The fourth-order valence-corrected chi connectivity index (χ4v) is 4.41. The van der Waals surface area contributed by atoms with Gasteiger partial charge in [0.05, 0.1) is 18.7 Å². The van der Waals surface area contributed by atoms with E-state index in [9.17, 15) is 14.0 Å². The molecule has 1 fully saturated rings. The van der Waals surface area contributed by atoms with Crippen molar-refractivity contribution in [3.63, 3.8) is 0 Å². The summed E-state index contributed by atoms with van der Waals surface area (Å²) < 4.78 is 29.4. The van der Waals surface area contributed by atoms with Crippen LogP contribution >= 0.6 is 23.2 Å². The Bertz CT molecular complexity index is 1200. The molecule has 170 valence electrons. The number of carbonyl (C=O) groups is 2. The normalized spacial score (nSPS) is 17.8. The first-order valence-corrected chi connectivity index (χ1v) is 11.1. The van der Waals surface area contributed by atoms with Crippen LogP contribution in [-0.4, -0.2) is 35.5 Å². The number of rotatable bonds is 5. The molecule has 0 saturated carbocycles. The fourth-order valence-electron chi connectivity index (χ4n) is 3.96. The molecule has 0 aliphatic carbocycles. The van der Waals surface area contributed by atoms with Crippen molar-refractivity contribution in [3.05, 3.63) is 88.2 Å². The van der Waals surface area contributed by atoms with Crippen molar-refractivity contribution in [3.8, 4) is 11.1 Å². The Kier molecular flexibility index (Phi) is 6.96. The zero-order valence-electron chi connectivity index (χ0n) is 17.4. The predicted octanol–water partition coefficient (Wildman–Crippen LogP) is 5.92. The zero-order valence-corrected chi connectivity index (χ0v) is 18.9. The van der Waals surface area contributed by atoms with Gasteiger partial charge in [0.15, 0.2) is 5.82 Å². The molecule has 8 heteroatoms. The van der Waals surface area contributed by atoms with Gasteiger partial charge in [-0.15, -0.1) is 0 Å². The number of benzene rings is 3. The highest BCUT2D eigenvalue weighted by Crippen LogP contribution is 2.33. The molecule has 0 bridgehead atoms. The van der Waals surface area contributed by atoms with Gasteiger partial charge in [0, 0.05) is 27.6 Å². The lowest BCUT2D eigenvalue weighted by Crippen LogP contribution is -2.44. The van der Waals surface area contributed by atoms with Crippen molar-refractivity contribution < 1.29 is 18.4 Å². The van der Waals surface area contributed by atoms with E-state index in [-0.39, 0.29) is 30.6 Å². The monoisotopic (exact) mass is 488 g/mol. The van der Waals surface area contributed by atoms with Crippen molar-refractivity contribution in [2.75, 3.05) is 11.9 Å². The minimum atomic E-state index is -1.34. The molecule has 33 heavy (non-hydrogen) atoms. The second-order valence-corrected chi connectivity index (χ2v) is 8.68. The van der Waals surface area contributed by atoms with Crippen molar-refractivity contribution >= 4 is 40.7 Å². The molecule has 0 radical (unpaired) electrons. The van der Waals surface area contributed by atoms with Gasteiger partial charge in [-0.05, 0) is 29.8 Å². The van der Waals surface area contributed by atoms with Gasteiger partial charge in [-0.2, -0.15) is 0 Å². The SMILES string of the molecule is O=C(Nc1cccc(-c2ccccc2Cl)c1F)C1C[C@@H](F)CN1C(=O)Cc1cccc(Cl)c1. The van der Waals surface area contributed by atoms with E-state index in [1.165, 1.54) is 11.0 Å². The number of hydrogen-bond donors (Lipinski definition) is 1. The van der Waals surface area contributed by atoms with Crippen LogP contribution in [0.3, 0.4) is 0 Å². The Labute approximate surface area is 200 Å². The number of carbonyl (C=O) groups excluding carboxylic acids is 2. The second-order valence-electron chi connectivity index (χ2n) is 7.84. The fraction of sp³-hybridized carbons (Fsp3) is 0.200. The van der Waals surface area contributed by atoms with Crippen LogP contribution in [0.25, 0.3) is 11.1 Å². The van der Waals surface area contributed by atoms with Gasteiger partial charge in [0.1, 0.15) is 12.2 Å². The first kappa shape index (κ1) is 23.2. The van der Waals surface area contributed by atoms with Crippen LogP contribution in [0.1, 0.15) is 12.0 Å². The van der Waals surface area contributed by atoms with Crippen LogP contribution in [0, 0.1) is 5.82 Å². The molecule has 2 amide bonds. The maximum atomic E-state index is 15.2. The first-order valence-electron chi connectivity index (χ1n) is 10.4. The molecule has 1 saturated heterocycles. The van der Waals surface area contributed by atoms with Gasteiger partial charge in [-0.25, -0.2) is 8.78 Å². The minimum absolute atomic E-state index is 0.0204. The molecule has 1 aliphatic rings. The lowest BCUT2D eigenvalue weighted by atomic mass is 10.0. The van der Waals surface area contributed by atoms with E-state index in [1.807, 2.05) is 0 Å². The predicted molar refractivity (Wildman–Crippen MR) is 126 cm³/mol. The van der Waals surface area contributed by atoms with Crippen LogP contribution in [0.2, 0.25) is 10.0 Å². The van der Waals surface area contributed by atoms with E-state index in [1.54, 1.807) is 60.7 Å². The summed E-state index contributed by atoms with van der Waals surface area (Å²) in [5, 5.41) is 3.37. The number of likely N-dealkylation sites (tertiary alicyclic amines) is 1. The summed E-state index contributed by atoms with van der Waals surface area (Å²) in [7, 11) is 0.